The van der Waals surface area contributed by atoms with Gasteiger partial charge in [0, 0.05) is 45.2 Å². The number of aryl methyl sites for hydroxylation is 2. The van der Waals surface area contributed by atoms with E-state index in [9.17, 15) is 9.18 Å². The summed E-state index contributed by atoms with van der Waals surface area (Å²) in [6, 6.07) is 6.17. The van der Waals surface area contributed by atoms with Crippen molar-refractivity contribution in [2.24, 2.45) is 0 Å². The first-order valence-corrected chi connectivity index (χ1v) is 10.3. The summed E-state index contributed by atoms with van der Waals surface area (Å²) in [5, 5.41) is 3.77. The Balaban J connectivity index is 1.64. The molecule has 3 heterocycles. The first kappa shape index (κ1) is 20.9. The number of halogens is 1. The van der Waals surface area contributed by atoms with E-state index in [0.717, 1.165) is 24.1 Å². The molecule has 162 valence electrons. The summed E-state index contributed by atoms with van der Waals surface area (Å²) in [7, 11) is 3.73. The van der Waals surface area contributed by atoms with Crippen LogP contribution in [-0.4, -0.2) is 51.6 Å². The van der Waals surface area contributed by atoms with Crippen LogP contribution < -0.4 is 4.90 Å². The molecule has 4 rings (SSSR count). The summed E-state index contributed by atoms with van der Waals surface area (Å²) in [5.41, 5.74) is 2.17. The Bertz CT molecular complexity index is 1080. The molecule has 1 aliphatic rings. The third-order valence-corrected chi connectivity index (χ3v) is 5.35. The minimum atomic E-state index is -0.325. The van der Waals surface area contributed by atoms with Gasteiger partial charge in [0.1, 0.15) is 5.82 Å². The SMILES string of the molecule is Cc1noc(CCC(=O)N2CCC[C@H]2c2nc(N(C)C)ncc2-c2cccc(F)c2)n1. The number of carbonyl (C=O) groups excluding carboxylic acids is 1. The number of carbonyl (C=O) groups is 1. The molecule has 0 bridgehead atoms. The summed E-state index contributed by atoms with van der Waals surface area (Å²) in [5.74, 6) is 1.25. The molecule has 0 saturated carbocycles. The van der Waals surface area contributed by atoms with Gasteiger partial charge in [-0.25, -0.2) is 14.4 Å². The fourth-order valence-corrected chi connectivity index (χ4v) is 3.88. The third-order valence-electron chi connectivity index (χ3n) is 5.35. The molecule has 1 atom stereocenters. The van der Waals surface area contributed by atoms with Gasteiger partial charge in [-0.3, -0.25) is 4.79 Å². The molecule has 1 aromatic carbocycles. The number of anilines is 1. The van der Waals surface area contributed by atoms with Crippen molar-refractivity contribution in [2.75, 3.05) is 25.5 Å². The van der Waals surface area contributed by atoms with Crippen LogP contribution in [0.4, 0.5) is 10.3 Å². The van der Waals surface area contributed by atoms with Gasteiger partial charge in [0.2, 0.25) is 17.7 Å². The molecule has 2 aromatic heterocycles. The van der Waals surface area contributed by atoms with Crippen molar-refractivity contribution in [3.8, 4) is 11.1 Å². The maximum Gasteiger partial charge on any atom is 0.227 e. The van der Waals surface area contributed by atoms with Crippen LogP contribution in [0.1, 0.15) is 42.7 Å². The van der Waals surface area contributed by atoms with E-state index in [1.807, 2.05) is 30.0 Å². The Morgan fingerprint density at radius 1 is 1.32 bits per heavy atom. The van der Waals surface area contributed by atoms with E-state index in [4.69, 9.17) is 9.51 Å². The Hall–Kier alpha value is -3.36. The number of benzene rings is 1. The second kappa shape index (κ2) is 8.79. The van der Waals surface area contributed by atoms with Gasteiger partial charge in [0.05, 0.1) is 11.7 Å². The molecule has 1 amide bonds. The minimum Gasteiger partial charge on any atom is -0.347 e. The summed E-state index contributed by atoms with van der Waals surface area (Å²) in [6.45, 7) is 2.40. The van der Waals surface area contributed by atoms with E-state index in [2.05, 4.69) is 15.1 Å². The molecule has 9 heteroatoms. The van der Waals surface area contributed by atoms with Gasteiger partial charge < -0.3 is 14.3 Å². The van der Waals surface area contributed by atoms with E-state index in [0.29, 0.717) is 36.2 Å². The van der Waals surface area contributed by atoms with E-state index in [-0.39, 0.29) is 24.2 Å². The number of rotatable bonds is 6. The molecule has 0 N–H and O–H groups in total. The number of likely N-dealkylation sites (tertiary alicyclic amines) is 1. The lowest BCUT2D eigenvalue weighted by molar-refractivity contribution is -0.132. The van der Waals surface area contributed by atoms with Crippen LogP contribution in [0.15, 0.2) is 35.0 Å². The lowest BCUT2D eigenvalue weighted by Gasteiger charge is -2.27. The maximum atomic E-state index is 13.9. The van der Waals surface area contributed by atoms with Gasteiger partial charge in [-0.1, -0.05) is 17.3 Å². The molecule has 0 spiro atoms. The van der Waals surface area contributed by atoms with Gasteiger partial charge >= 0.3 is 0 Å². The van der Waals surface area contributed by atoms with Crippen molar-refractivity contribution in [3.05, 3.63) is 53.7 Å². The lowest BCUT2D eigenvalue weighted by atomic mass is 9.99. The van der Waals surface area contributed by atoms with Gasteiger partial charge in [0.15, 0.2) is 5.82 Å². The first-order valence-electron chi connectivity index (χ1n) is 10.3. The zero-order chi connectivity index (χ0) is 22.0. The molecule has 3 aromatic rings. The molecule has 31 heavy (non-hydrogen) atoms. The highest BCUT2D eigenvalue weighted by atomic mass is 19.1. The van der Waals surface area contributed by atoms with Crippen LogP contribution in [-0.2, 0) is 11.2 Å². The van der Waals surface area contributed by atoms with Gasteiger partial charge in [0.25, 0.3) is 0 Å². The van der Waals surface area contributed by atoms with Crippen molar-refractivity contribution in [2.45, 2.75) is 38.6 Å². The van der Waals surface area contributed by atoms with E-state index < -0.39 is 0 Å². The lowest BCUT2D eigenvalue weighted by Crippen LogP contribution is -2.32. The number of hydrogen-bond donors (Lipinski definition) is 0. The molecule has 0 unspecified atom stereocenters. The largest absolute Gasteiger partial charge is 0.347 e. The minimum absolute atomic E-state index is 0.00793. The van der Waals surface area contributed by atoms with Crippen molar-refractivity contribution >= 4 is 11.9 Å². The number of nitrogens with zero attached hydrogens (tertiary/aromatic N) is 6. The van der Waals surface area contributed by atoms with Gasteiger partial charge in [-0.2, -0.15) is 4.98 Å². The maximum absolute atomic E-state index is 13.9. The molecule has 0 aliphatic carbocycles. The molecular weight excluding hydrogens is 399 g/mol. The van der Waals surface area contributed by atoms with E-state index in [1.165, 1.54) is 12.1 Å². The fourth-order valence-electron chi connectivity index (χ4n) is 3.88. The zero-order valence-corrected chi connectivity index (χ0v) is 17.9. The normalized spacial score (nSPS) is 16.0. The molecule has 8 nitrogen and oxygen atoms in total. The van der Waals surface area contributed by atoms with Gasteiger partial charge in [-0.05, 0) is 37.5 Å². The van der Waals surface area contributed by atoms with E-state index >= 15 is 0 Å². The summed E-state index contributed by atoms with van der Waals surface area (Å²) >= 11 is 0. The molecular formula is C22H25FN6O2. The summed E-state index contributed by atoms with van der Waals surface area (Å²) < 4.78 is 19.0. The Kier molecular flexibility index (Phi) is 5.92. The monoisotopic (exact) mass is 424 g/mol. The molecule has 1 aliphatic heterocycles. The predicted molar refractivity (Wildman–Crippen MR) is 113 cm³/mol. The average Bonchev–Trinajstić information content (AvgIpc) is 3.40. The smallest absolute Gasteiger partial charge is 0.227 e. The summed E-state index contributed by atoms with van der Waals surface area (Å²) in [6.07, 6.45) is 4.05. The molecule has 0 radical (unpaired) electrons. The van der Waals surface area contributed by atoms with Crippen molar-refractivity contribution in [1.29, 1.82) is 0 Å². The number of hydrogen-bond acceptors (Lipinski definition) is 7. The quantitative estimate of drug-likeness (QED) is 0.600. The highest BCUT2D eigenvalue weighted by molar-refractivity contribution is 5.78. The highest BCUT2D eigenvalue weighted by Crippen LogP contribution is 2.37. The molecule has 1 saturated heterocycles. The second-order valence-corrected chi connectivity index (χ2v) is 7.85. The standard InChI is InChI=1S/C22H25FN6O2/c1-14-25-19(31-27-14)9-10-20(30)29-11-5-8-18(29)21-17(13-24-22(26-21)28(2)3)15-6-4-7-16(23)12-15/h4,6-7,12-13,18H,5,8-11H2,1-3H3/t18-/m0/s1. The first-order chi connectivity index (χ1) is 14.9. The van der Waals surface area contributed by atoms with Gasteiger partial charge in [-0.15, -0.1) is 0 Å². The highest BCUT2D eigenvalue weighted by Gasteiger charge is 2.33. The Morgan fingerprint density at radius 3 is 2.87 bits per heavy atom. The Labute approximate surface area is 180 Å². The summed E-state index contributed by atoms with van der Waals surface area (Å²) in [4.78, 5) is 30.1. The predicted octanol–water partition coefficient (Wildman–Crippen LogP) is 3.34. The fraction of sp³-hybridized carbons (Fsp3) is 0.409. The average molecular weight is 424 g/mol. The number of amides is 1. The van der Waals surface area contributed by atoms with Crippen LogP contribution in [0.5, 0.6) is 0 Å². The van der Waals surface area contributed by atoms with Crippen LogP contribution in [0.3, 0.4) is 0 Å². The topological polar surface area (TPSA) is 88.3 Å². The van der Waals surface area contributed by atoms with Crippen molar-refractivity contribution in [1.82, 2.24) is 25.0 Å². The Morgan fingerprint density at radius 2 is 2.16 bits per heavy atom. The second-order valence-electron chi connectivity index (χ2n) is 7.85. The van der Waals surface area contributed by atoms with Crippen LogP contribution in [0.25, 0.3) is 11.1 Å². The number of aromatic nitrogens is 4. The third kappa shape index (κ3) is 4.55. The molecule has 1 fully saturated rings. The van der Waals surface area contributed by atoms with Crippen LogP contribution >= 0.6 is 0 Å². The van der Waals surface area contributed by atoms with Crippen LogP contribution in [0.2, 0.25) is 0 Å². The van der Waals surface area contributed by atoms with Crippen molar-refractivity contribution in [3.63, 3.8) is 0 Å². The van der Waals surface area contributed by atoms with Crippen LogP contribution in [0, 0.1) is 12.7 Å². The van der Waals surface area contributed by atoms with E-state index in [1.54, 1.807) is 19.2 Å². The van der Waals surface area contributed by atoms with Crippen molar-refractivity contribution < 1.29 is 13.7 Å². The zero-order valence-electron chi connectivity index (χ0n) is 17.9.